The maximum Gasteiger partial charge on any atom is 0.525 e. The number of hydrogen-bond donors (Lipinski definition) is 0. The lowest BCUT2D eigenvalue weighted by atomic mass is 9.87. The van der Waals surface area contributed by atoms with Gasteiger partial charge in [-0.2, -0.15) is 0 Å². The molecule has 1 aromatic carbocycles. The normalized spacial score (nSPS) is 22.8. The molecule has 1 saturated heterocycles. The van der Waals surface area contributed by atoms with Crippen LogP contribution in [0.3, 0.4) is 0 Å². The molecule has 118 valence electrons. The largest absolute Gasteiger partial charge is 0.525 e. The summed E-state index contributed by atoms with van der Waals surface area (Å²) in [6.45, 7) is 8.60. The second-order valence-corrected chi connectivity index (χ2v) is 6.52. The molecule has 6 heteroatoms. The Balaban J connectivity index is 1.81. The van der Waals surface area contributed by atoms with Crippen molar-refractivity contribution in [1.29, 1.82) is 0 Å². The molecule has 0 radical (unpaired) electrons. The van der Waals surface area contributed by atoms with Gasteiger partial charge in [0.1, 0.15) is 18.9 Å². The van der Waals surface area contributed by atoms with E-state index in [1.807, 2.05) is 27.7 Å². The predicted molar refractivity (Wildman–Crippen MR) is 82.6 cm³/mol. The van der Waals surface area contributed by atoms with E-state index in [0.29, 0.717) is 30.3 Å². The highest BCUT2D eigenvalue weighted by Crippen LogP contribution is 2.39. The average Bonchev–Trinajstić information content (AvgIpc) is 2.67. The van der Waals surface area contributed by atoms with E-state index in [1.54, 1.807) is 18.2 Å². The third-order valence-electron chi connectivity index (χ3n) is 4.35. The zero-order chi connectivity index (χ0) is 16.0. The summed E-state index contributed by atoms with van der Waals surface area (Å²) in [5.41, 5.74) is -0.905. The van der Waals surface area contributed by atoms with E-state index in [9.17, 15) is 4.39 Å². The van der Waals surface area contributed by atoms with Crippen LogP contribution in [-0.2, 0) is 9.31 Å². The summed E-state index contributed by atoms with van der Waals surface area (Å²) in [5.74, 6) is 1.31. The Hall–Kier alpha value is -1.53. The highest BCUT2D eigenvalue weighted by atomic mass is 19.1. The molecule has 2 aliphatic heterocycles. The Kier molecular flexibility index (Phi) is 3.69. The molecule has 0 atom stereocenters. The standard InChI is InChI=1S/C16H20BFO4/c1-15(2)16(3,4)22-17(21-15)14(18)10-11-5-6-12-13(9-11)20-8-7-19-12/h5-6,9-10H,7-8H2,1-4H3. The van der Waals surface area contributed by atoms with Crippen LogP contribution in [0.2, 0.25) is 0 Å². The Morgan fingerprint density at radius 3 is 2.27 bits per heavy atom. The first kappa shape index (κ1) is 15.4. The Morgan fingerprint density at radius 2 is 1.64 bits per heavy atom. The number of ether oxygens (including phenoxy) is 2. The van der Waals surface area contributed by atoms with Crippen LogP contribution >= 0.6 is 0 Å². The summed E-state index contributed by atoms with van der Waals surface area (Å²) in [5, 5.41) is 0. The molecule has 0 unspecified atom stereocenters. The lowest BCUT2D eigenvalue weighted by Crippen LogP contribution is -2.41. The molecular formula is C16H20BFO4. The number of benzene rings is 1. The van der Waals surface area contributed by atoms with Gasteiger partial charge >= 0.3 is 7.12 Å². The fourth-order valence-corrected chi connectivity index (χ4v) is 2.33. The Morgan fingerprint density at radius 1 is 1.05 bits per heavy atom. The first-order chi connectivity index (χ1) is 10.3. The van der Waals surface area contributed by atoms with Crippen molar-refractivity contribution < 1.29 is 23.2 Å². The molecular weight excluding hydrogens is 286 g/mol. The summed E-state index contributed by atoms with van der Waals surface area (Å²) in [7, 11) is -0.988. The summed E-state index contributed by atoms with van der Waals surface area (Å²) < 4.78 is 36.8. The minimum Gasteiger partial charge on any atom is -0.486 e. The van der Waals surface area contributed by atoms with Crippen molar-refractivity contribution >= 4 is 13.2 Å². The first-order valence-electron chi connectivity index (χ1n) is 7.41. The maximum absolute atomic E-state index is 14.5. The molecule has 0 spiro atoms. The predicted octanol–water partition coefficient (Wildman–Crippen LogP) is 3.40. The molecule has 1 fully saturated rings. The van der Waals surface area contributed by atoms with Gasteiger partial charge in [0.15, 0.2) is 11.5 Å². The van der Waals surface area contributed by atoms with E-state index in [0.717, 1.165) is 0 Å². The number of halogens is 1. The molecule has 2 aliphatic rings. The molecule has 0 aliphatic carbocycles. The summed E-state index contributed by atoms with van der Waals surface area (Å²) in [4.78, 5) is 0. The fourth-order valence-electron chi connectivity index (χ4n) is 2.33. The second kappa shape index (κ2) is 5.28. The Labute approximate surface area is 130 Å². The second-order valence-electron chi connectivity index (χ2n) is 6.52. The van der Waals surface area contributed by atoms with Crippen LogP contribution in [0.15, 0.2) is 23.9 Å². The number of fused-ring (bicyclic) bond motifs is 1. The van der Waals surface area contributed by atoms with E-state index in [1.165, 1.54) is 6.08 Å². The van der Waals surface area contributed by atoms with E-state index in [4.69, 9.17) is 18.8 Å². The van der Waals surface area contributed by atoms with Crippen molar-refractivity contribution in [3.8, 4) is 11.5 Å². The average molecular weight is 306 g/mol. The lowest BCUT2D eigenvalue weighted by molar-refractivity contribution is 0.00578. The van der Waals surface area contributed by atoms with Gasteiger partial charge in [-0.1, -0.05) is 6.07 Å². The molecule has 3 rings (SSSR count). The fraction of sp³-hybridized carbons (Fsp3) is 0.500. The topological polar surface area (TPSA) is 36.9 Å². The molecule has 22 heavy (non-hydrogen) atoms. The van der Waals surface area contributed by atoms with Gasteiger partial charge in [-0.25, -0.2) is 4.39 Å². The molecule has 0 amide bonds. The zero-order valence-electron chi connectivity index (χ0n) is 13.3. The third-order valence-corrected chi connectivity index (χ3v) is 4.35. The highest BCUT2D eigenvalue weighted by Gasteiger charge is 2.53. The zero-order valence-corrected chi connectivity index (χ0v) is 13.3. The molecule has 2 heterocycles. The smallest absolute Gasteiger partial charge is 0.486 e. The van der Waals surface area contributed by atoms with Gasteiger partial charge in [0.25, 0.3) is 0 Å². The highest BCUT2D eigenvalue weighted by molar-refractivity contribution is 6.54. The summed E-state index contributed by atoms with van der Waals surface area (Å²) in [6.07, 6.45) is 1.40. The first-order valence-corrected chi connectivity index (χ1v) is 7.41. The van der Waals surface area contributed by atoms with Crippen molar-refractivity contribution in [3.63, 3.8) is 0 Å². The number of hydrogen-bond acceptors (Lipinski definition) is 4. The van der Waals surface area contributed by atoms with E-state index < -0.39 is 24.0 Å². The van der Waals surface area contributed by atoms with Crippen molar-refractivity contribution in [1.82, 2.24) is 0 Å². The molecule has 1 aromatic rings. The molecule has 0 bridgehead atoms. The van der Waals surface area contributed by atoms with E-state index in [2.05, 4.69) is 0 Å². The van der Waals surface area contributed by atoms with Crippen LogP contribution in [0, 0.1) is 0 Å². The van der Waals surface area contributed by atoms with Crippen molar-refractivity contribution in [2.75, 3.05) is 13.2 Å². The van der Waals surface area contributed by atoms with Gasteiger partial charge in [0, 0.05) is 0 Å². The SMILES string of the molecule is CC1(C)OB(C(F)=Cc2ccc3c(c2)OCCO3)OC1(C)C. The molecule has 0 N–H and O–H groups in total. The van der Waals surface area contributed by atoms with Crippen LogP contribution in [0.4, 0.5) is 4.39 Å². The van der Waals surface area contributed by atoms with Gasteiger partial charge in [-0.3, -0.25) is 0 Å². The number of rotatable bonds is 2. The molecule has 0 saturated carbocycles. The van der Waals surface area contributed by atoms with Crippen LogP contribution in [-0.4, -0.2) is 31.5 Å². The van der Waals surface area contributed by atoms with Gasteiger partial charge < -0.3 is 18.8 Å². The minimum absolute atomic E-state index is 0.463. The van der Waals surface area contributed by atoms with Crippen LogP contribution in [0.5, 0.6) is 11.5 Å². The minimum atomic E-state index is -0.988. The third kappa shape index (κ3) is 2.73. The van der Waals surface area contributed by atoms with Gasteiger partial charge in [0.2, 0.25) is 0 Å². The monoisotopic (exact) mass is 306 g/mol. The molecule has 0 aromatic heterocycles. The summed E-state index contributed by atoms with van der Waals surface area (Å²) >= 11 is 0. The quantitative estimate of drug-likeness (QED) is 0.785. The van der Waals surface area contributed by atoms with E-state index >= 15 is 0 Å². The van der Waals surface area contributed by atoms with Gasteiger partial charge in [0.05, 0.1) is 11.2 Å². The van der Waals surface area contributed by atoms with Gasteiger partial charge in [-0.15, -0.1) is 0 Å². The van der Waals surface area contributed by atoms with Crippen LogP contribution < -0.4 is 9.47 Å². The van der Waals surface area contributed by atoms with Crippen molar-refractivity contribution in [2.45, 2.75) is 38.9 Å². The Bertz CT molecular complexity index is 596. The van der Waals surface area contributed by atoms with E-state index in [-0.39, 0.29) is 0 Å². The van der Waals surface area contributed by atoms with Crippen LogP contribution in [0.1, 0.15) is 33.3 Å². The summed E-state index contributed by atoms with van der Waals surface area (Å²) in [6, 6.07) is 5.30. The van der Waals surface area contributed by atoms with Crippen LogP contribution in [0.25, 0.3) is 6.08 Å². The lowest BCUT2D eigenvalue weighted by Gasteiger charge is -2.32. The van der Waals surface area contributed by atoms with Crippen molar-refractivity contribution in [2.24, 2.45) is 0 Å². The van der Waals surface area contributed by atoms with Crippen molar-refractivity contribution in [3.05, 3.63) is 29.5 Å². The molecule has 4 nitrogen and oxygen atoms in total. The van der Waals surface area contributed by atoms with Gasteiger partial charge in [-0.05, 0) is 51.5 Å². The maximum atomic E-state index is 14.5.